The minimum atomic E-state index is -0.578. The van der Waals surface area contributed by atoms with E-state index in [2.05, 4.69) is 4.98 Å². The molecule has 116 valence electrons. The Bertz CT molecular complexity index is 846. The molecule has 0 radical (unpaired) electrons. The van der Waals surface area contributed by atoms with Gasteiger partial charge < -0.3 is 14.6 Å². The average molecular weight is 309 g/mol. The monoisotopic (exact) mass is 309 g/mol. The molecule has 5 heteroatoms. The number of ether oxygens (including phenoxy) is 2. The third-order valence-corrected chi connectivity index (χ3v) is 3.48. The normalized spacial score (nSPS) is 10.5. The smallest absolute Gasteiger partial charge is 0.357 e. The zero-order valence-electron chi connectivity index (χ0n) is 12.5. The molecule has 3 aromatic rings. The van der Waals surface area contributed by atoms with Gasteiger partial charge in [0, 0.05) is 17.1 Å². The largest absolute Gasteiger partial charge is 0.464 e. The van der Waals surface area contributed by atoms with Gasteiger partial charge in [0.05, 0.1) is 13.7 Å². The molecule has 23 heavy (non-hydrogen) atoms. The van der Waals surface area contributed by atoms with E-state index in [-0.39, 0.29) is 12.3 Å². The summed E-state index contributed by atoms with van der Waals surface area (Å²) in [5, 5.41) is 11.2. The summed E-state index contributed by atoms with van der Waals surface area (Å²) in [6.45, 7) is -0.316. The average Bonchev–Trinajstić information content (AvgIpc) is 2.60. The molecule has 0 atom stereocenters. The highest BCUT2D eigenvalue weighted by atomic mass is 16.5. The van der Waals surface area contributed by atoms with Crippen LogP contribution in [-0.4, -0.2) is 23.2 Å². The molecular formula is C18H15NO4. The number of esters is 1. The SMILES string of the molecule is COC(=O)c1ncc2ccc(Oc3ccccc3)cc2c1CO. The van der Waals surface area contributed by atoms with Crippen LogP contribution in [0.5, 0.6) is 11.5 Å². The first kappa shape index (κ1) is 15.0. The van der Waals surface area contributed by atoms with Crippen molar-refractivity contribution < 1.29 is 19.4 Å². The zero-order chi connectivity index (χ0) is 16.2. The number of pyridine rings is 1. The molecular weight excluding hydrogens is 294 g/mol. The van der Waals surface area contributed by atoms with E-state index in [4.69, 9.17) is 9.47 Å². The van der Waals surface area contributed by atoms with E-state index in [9.17, 15) is 9.90 Å². The molecule has 0 aliphatic carbocycles. The van der Waals surface area contributed by atoms with Crippen LogP contribution < -0.4 is 4.74 Å². The predicted octanol–water partition coefficient (Wildman–Crippen LogP) is 3.31. The number of aliphatic hydroxyl groups excluding tert-OH is 1. The summed E-state index contributed by atoms with van der Waals surface area (Å²) < 4.78 is 10.5. The molecule has 3 rings (SSSR count). The first-order valence-corrected chi connectivity index (χ1v) is 7.06. The van der Waals surface area contributed by atoms with Crippen LogP contribution in [0.1, 0.15) is 16.1 Å². The van der Waals surface area contributed by atoms with E-state index < -0.39 is 5.97 Å². The van der Waals surface area contributed by atoms with Crippen LogP contribution in [-0.2, 0) is 11.3 Å². The summed E-state index contributed by atoms with van der Waals surface area (Å²) in [5.74, 6) is 0.741. The molecule has 0 saturated carbocycles. The zero-order valence-corrected chi connectivity index (χ0v) is 12.5. The first-order valence-electron chi connectivity index (χ1n) is 7.06. The van der Waals surface area contributed by atoms with E-state index in [0.717, 1.165) is 5.39 Å². The van der Waals surface area contributed by atoms with Gasteiger partial charge in [-0.05, 0) is 35.7 Å². The standard InChI is InChI=1S/C18H15NO4/c1-22-18(21)17-16(11-20)15-9-14(8-7-12(15)10-19-17)23-13-5-3-2-4-6-13/h2-10,20H,11H2,1H3. The van der Waals surface area contributed by atoms with Crippen molar-refractivity contribution in [2.75, 3.05) is 7.11 Å². The predicted molar refractivity (Wildman–Crippen MR) is 85.5 cm³/mol. The lowest BCUT2D eigenvalue weighted by Crippen LogP contribution is -2.09. The van der Waals surface area contributed by atoms with Gasteiger partial charge >= 0.3 is 5.97 Å². The van der Waals surface area contributed by atoms with Gasteiger partial charge in [0.2, 0.25) is 0 Å². The number of fused-ring (bicyclic) bond motifs is 1. The van der Waals surface area contributed by atoms with E-state index in [1.54, 1.807) is 12.3 Å². The van der Waals surface area contributed by atoms with Crippen LogP contribution in [0.3, 0.4) is 0 Å². The van der Waals surface area contributed by atoms with Crippen molar-refractivity contribution in [3.05, 3.63) is 66.0 Å². The maximum Gasteiger partial charge on any atom is 0.357 e. The summed E-state index contributed by atoms with van der Waals surface area (Å²) in [6.07, 6.45) is 1.58. The Morgan fingerprint density at radius 2 is 1.91 bits per heavy atom. The maximum absolute atomic E-state index is 11.8. The number of para-hydroxylation sites is 1. The fraction of sp³-hybridized carbons (Fsp3) is 0.111. The molecule has 0 spiro atoms. The Morgan fingerprint density at radius 1 is 1.13 bits per heavy atom. The highest BCUT2D eigenvalue weighted by molar-refractivity contribution is 5.96. The van der Waals surface area contributed by atoms with Gasteiger partial charge in [-0.15, -0.1) is 0 Å². The number of aliphatic hydroxyl groups is 1. The topological polar surface area (TPSA) is 68.7 Å². The number of hydrogen-bond donors (Lipinski definition) is 1. The van der Waals surface area contributed by atoms with Crippen molar-refractivity contribution in [3.8, 4) is 11.5 Å². The van der Waals surface area contributed by atoms with Crippen molar-refractivity contribution in [2.45, 2.75) is 6.61 Å². The third kappa shape index (κ3) is 3.00. The second kappa shape index (κ2) is 6.46. The molecule has 0 aliphatic rings. The van der Waals surface area contributed by atoms with Crippen molar-refractivity contribution in [1.29, 1.82) is 0 Å². The number of carbonyl (C=O) groups excluding carboxylic acids is 1. The van der Waals surface area contributed by atoms with Crippen LogP contribution >= 0.6 is 0 Å². The van der Waals surface area contributed by atoms with Gasteiger partial charge in [-0.25, -0.2) is 9.78 Å². The lowest BCUT2D eigenvalue weighted by atomic mass is 10.0. The van der Waals surface area contributed by atoms with Gasteiger partial charge in [-0.1, -0.05) is 18.2 Å². The van der Waals surface area contributed by atoms with Crippen molar-refractivity contribution in [3.63, 3.8) is 0 Å². The van der Waals surface area contributed by atoms with E-state index in [1.165, 1.54) is 7.11 Å². The van der Waals surface area contributed by atoms with Gasteiger partial charge in [0.15, 0.2) is 5.69 Å². The summed E-state index contributed by atoms with van der Waals surface area (Å²) in [4.78, 5) is 15.9. The van der Waals surface area contributed by atoms with E-state index in [1.807, 2.05) is 42.5 Å². The molecule has 0 unspecified atom stereocenters. The lowest BCUT2D eigenvalue weighted by Gasteiger charge is -2.11. The summed E-state index contributed by atoms with van der Waals surface area (Å²) in [7, 11) is 1.28. The second-order valence-electron chi connectivity index (χ2n) is 4.90. The number of carbonyl (C=O) groups is 1. The molecule has 0 aliphatic heterocycles. The van der Waals surface area contributed by atoms with Gasteiger partial charge in [-0.2, -0.15) is 0 Å². The van der Waals surface area contributed by atoms with Crippen molar-refractivity contribution in [1.82, 2.24) is 4.98 Å². The third-order valence-electron chi connectivity index (χ3n) is 3.48. The number of nitrogens with zero attached hydrogens (tertiary/aromatic N) is 1. The Hall–Kier alpha value is -2.92. The minimum absolute atomic E-state index is 0.111. The first-order chi connectivity index (χ1) is 11.2. The second-order valence-corrected chi connectivity index (χ2v) is 4.90. The van der Waals surface area contributed by atoms with Crippen LogP contribution in [0.2, 0.25) is 0 Å². The van der Waals surface area contributed by atoms with E-state index in [0.29, 0.717) is 22.4 Å². The molecule has 1 N–H and O–H groups in total. The number of hydrogen-bond acceptors (Lipinski definition) is 5. The highest BCUT2D eigenvalue weighted by Crippen LogP contribution is 2.28. The quantitative estimate of drug-likeness (QED) is 0.749. The summed E-state index contributed by atoms with van der Waals surface area (Å²) in [5.41, 5.74) is 0.534. The fourth-order valence-electron chi connectivity index (χ4n) is 2.37. The number of rotatable bonds is 4. The number of benzene rings is 2. The molecule has 2 aromatic carbocycles. The summed E-state index contributed by atoms with van der Waals surface area (Å²) >= 11 is 0. The fourth-order valence-corrected chi connectivity index (χ4v) is 2.37. The van der Waals surface area contributed by atoms with Crippen molar-refractivity contribution >= 4 is 16.7 Å². The van der Waals surface area contributed by atoms with Gasteiger partial charge in [0.1, 0.15) is 11.5 Å². The molecule has 0 saturated heterocycles. The Kier molecular flexibility index (Phi) is 4.21. The van der Waals surface area contributed by atoms with Gasteiger partial charge in [-0.3, -0.25) is 0 Å². The molecule has 0 bridgehead atoms. The van der Waals surface area contributed by atoms with Crippen LogP contribution in [0.15, 0.2) is 54.7 Å². The van der Waals surface area contributed by atoms with Crippen LogP contribution in [0.25, 0.3) is 10.8 Å². The van der Waals surface area contributed by atoms with Crippen LogP contribution in [0.4, 0.5) is 0 Å². The maximum atomic E-state index is 11.8. The molecule has 5 nitrogen and oxygen atoms in total. The summed E-state index contributed by atoms with van der Waals surface area (Å²) in [6, 6.07) is 14.8. The number of methoxy groups -OCH3 is 1. The molecule has 1 heterocycles. The molecule has 0 amide bonds. The Morgan fingerprint density at radius 3 is 2.61 bits per heavy atom. The van der Waals surface area contributed by atoms with Gasteiger partial charge in [0.25, 0.3) is 0 Å². The highest BCUT2D eigenvalue weighted by Gasteiger charge is 2.16. The lowest BCUT2D eigenvalue weighted by molar-refractivity contribution is 0.0590. The molecule has 1 aromatic heterocycles. The Labute approximate surface area is 133 Å². The van der Waals surface area contributed by atoms with E-state index >= 15 is 0 Å². The van der Waals surface area contributed by atoms with Crippen molar-refractivity contribution in [2.24, 2.45) is 0 Å². The molecule has 0 fully saturated rings. The van der Waals surface area contributed by atoms with Crippen LogP contribution in [0, 0.1) is 0 Å². The Balaban J connectivity index is 2.08. The minimum Gasteiger partial charge on any atom is -0.464 e. The number of aromatic nitrogens is 1.